The van der Waals surface area contributed by atoms with Gasteiger partial charge >= 0.3 is 0 Å². The highest BCUT2D eigenvalue weighted by Crippen LogP contribution is 2.33. The number of halogens is 2. The van der Waals surface area contributed by atoms with Gasteiger partial charge in [0.25, 0.3) is 5.91 Å². The van der Waals surface area contributed by atoms with Crippen molar-refractivity contribution < 1.29 is 9.59 Å². The summed E-state index contributed by atoms with van der Waals surface area (Å²) in [5.74, 6) is 0.00967. The number of likely N-dealkylation sites (tertiary alicyclic amines) is 1. The van der Waals surface area contributed by atoms with E-state index in [9.17, 15) is 9.59 Å². The van der Waals surface area contributed by atoms with E-state index in [0.29, 0.717) is 27.2 Å². The normalized spacial score (nSPS) is 19.8. The molecule has 0 saturated carbocycles. The van der Waals surface area contributed by atoms with E-state index in [1.807, 2.05) is 0 Å². The highest BCUT2D eigenvalue weighted by atomic mass is 35.5. The molecule has 1 atom stereocenters. The third-order valence-corrected chi connectivity index (χ3v) is 5.04. The summed E-state index contributed by atoms with van der Waals surface area (Å²) in [6.07, 6.45) is 4.41. The third-order valence-electron chi connectivity index (χ3n) is 3.55. The number of carbonyl (C=O) groups excluding carboxylic acids is 2. The molecule has 110 valence electrons. The van der Waals surface area contributed by atoms with Crippen LogP contribution in [-0.2, 0) is 4.79 Å². The highest BCUT2D eigenvalue weighted by Gasteiger charge is 2.29. The molecular formula is C14H17Cl2NO2S. The highest BCUT2D eigenvalue weighted by molar-refractivity contribution is 7.20. The Balaban J connectivity index is 2.23. The van der Waals surface area contributed by atoms with Crippen LogP contribution in [0, 0.1) is 0 Å². The summed E-state index contributed by atoms with van der Waals surface area (Å²) in [6.45, 7) is 2.25. The summed E-state index contributed by atoms with van der Waals surface area (Å²) in [4.78, 5) is 25.9. The summed E-state index contributed by atoms with van der Waals surface area (Å²) < 4.78 is 0.933. The molecule has 20 heavy (non-hydrogen) atoms. The molecule has 6 heteroatoms. The number of ketones is 1. The number of rotatable bonds is 3. The zero-order valence-electron chi connectivity index (χ0n) is 11.3. The molecule has 0 radical (unpaired) electrons. The van der Waals surface area contributed by atoms with Gasteiger partial charge in [0.1, 0.15) is 10.1 Å². The maximum absolute atomic E-state index is 12.7. The minimum absolute atomic E-state index is 0.0164. The molecule has 1 saturated heterocycles. The molecule has 1 fully saturated rings. The van der Waals surface area contributed by atoms with Crippen LogP contribution in [0.5, 0.6) is 0 Å². The van der Waals surface area contributed by atoms with E-state index >= 15 is 0 Å². The van der Waals surface area contributed by atoms with E-state index in [1.54, 1.807) is 17.9 Å². The Kier molecular flexibility index (Phi) is 5.47. The van der Waals surface area contributed by atoms with Gasteiger partial charge < -0.3 is 4.90 Å². The minimum atomic E-state index is -0.105. The number of thiophene rings is 1. The van der Waals surface area contributed by atoms with Crippen LogP contribution >= 0.6 is 34.5 Å². The molecule has 1 aromatic heterocycles. The van der Waals surface area contributed by atoms with Crippen molar-refractivity contribution >= 4 is 46.2 Å². The van der Waals surface area contributed by atoms with Crippen LogP contribution in [0.4, 0.5) is 0 Å². The molecule has 3 nitrogen and oxygen atoms in total. The second kappa shape index (κ2) is 6.92. The van der Waals surface area contributed by atoms with E-state index in [4.69, 9.17) is 23.2 Å². The average Bonchev–Trinajstić information content (AvgIpc) is 2.58. The van der Waals surface area contributed by atoms with Gasteiger partial charge in [0.15, 0.2) is 0 Å². The Morgan fingerprint density at radius 1 is 1.35 bits per heavy atom. The van der Waals surface area contributed by atoms with E-state index in [-0.39, 0.29) is 17.7 Å². The molecule has 0 aliphatic carbocycles. The third kappa shape index (κ3) is 3.74. The molecule has 2 rings (SSSR count). The largest absolute Gasteiger partial charge is 0.335 e. The van der Waals surface area contributed by atoms with Gasteiger partial charge in [-0.1, -0.05) is 36.0 Å². The fourth-order valence-electron chi connectivity index (χ4n) is 2.63. The molecule has 0 N–H and O–H groups in total. The molecule has 0 aromatic carbocycles. The topological polar surface area (TPSA) is 37.4 Å². The molecule has 1 amide bonds. The molecule has 1 aromatic rings. The molecular weight excluding hydrogens is 317 g/mol. The van der Waals surface area contributed by atoms with Crippen molar-refractivity contribution in [1.82, 2.24) is 4.90 Å². The van der Waals surface area contributed by atoms with Crippen molar-refractivity contribution in [3.63, 3.8) is 0 Å². The molecule has 0 spiro atoms. The van der Waals surface area contributed by atoms with Crippen LogP contribution in [-0.4, -0.2) is 29.2 Å². The average molecular weight is 334 g/mol. The zero-order valence-corrected chi connectivity index (χ0v) is 13.7. The van der Waals surface area contributed by atoms with Crippen molar-refractivity contribution in [3.8, 4) is 0 Å². The molecule has 0 bridgehead atoms. The van der Waals surface area contributed by atoms with E-state index < -0.39 is 0 Å². The Morgan fingerprint density at radius 3 is 2.70 bits per heavy atom. The number of nitrogens with zero attached hydrogens (tertiary/aromatic N) is 1. The molecule has 2 heterocycles. The summed E-state index contributed by atoms with van der Waals surface area (Å²) in [7, 11) is 0. The quantitative estimate of drug-likeness (QED) is 0.821. The SMILES string of the molecule is CC(=O)CC1CCCCCN1C(=O)c1cc(Cl)sc1Cl. The maximum atomic E-state index is 12.7. The summed E-state index contributed by atoms with van der Waals surface area (Å²) in [5, 5.41) is 0. The monoisotopic (exact) mass is 333 g/mol. The van der Waals surface area contributed by atoms with E-state index in [0.717, 1.165) is 25.7 Å². The maximum Gasteiger partial charge on any atom is 0.256 e. The van der Waals surface area contributed by atoms with Crippen LogP contribution in [0.2, 0.25) is 8.67 Å². The van der Waals surface area contributed by atoms with Crippen molar-refractivity contribution in [2.24, 2.45) is 0 Å². The lowest BCUT2D eigenvalue weighted by atomic mass is 10.0. The van der Waals surface area contributed by atoms with Crippen LogP contribution in [0.1, 0.15) is 49.4 Å². The smallest absolute Gasteiger partial charge is 0.256 e. The number of Topliss-reactive ketones (excluding diaryl/α,β-unsaturated/α-hetero) is 1. The minimum Gasteiger partial charge on any atom is -0.335 e. The molecule has 1 aliphatic rings. The Labute approximate surface area is 132 Å². The van der Waals surface area contributed by atoms with Gasteiger partial charge in [-0.05, 0) is 25.8 Å². The summed E-state index contributed by atoms with van der Waals surface area (Å²) in [6, 6.07) is 1.60. The number of hydrogen-bond acceptors (Lipinski definition) is 3. The first-order valence-corrected chi connectivity index (χ1v) is 8.31. The fraction of sp³-hybridized carbons (Fsp3) is 0.571. The van der Waals surface area contributed by atoms with E-state index in [2.05, 4.69) is 0 Å². The van der Waals surface area contributed by atoms with Crippen molar-refractivity contribution in [2.45, 2.75) is 45.1 Å². The predicted octanol–water partition coefficient (Wildman–Crippen LogP) is 4.42. The first-order chi connectivity index (χ1) is 9.49. The van der Waals surface area contributed by atoms with Gasteiger partial charge in [-0.2, -0.15) is 0 Å². The van der Waals surface area contributed by atoms with Gasteiger partial charge in [0.05, 0.1) is 9.90 Å². The Hall–Kier alpha value is -0.580. The van der Waals surface area contributed by atoms with Crippen LogP contribution in [0.25, 0.3) is 0 Å². The first kappa shape index (κ1) is 15.8. The van der Waals surface area contributed by atoms with Gasteiger partial charge in [-0.15, -0.1) is 11.3 Å². The lowest BCUT2D eigenvalue weighted by Gasteiger charge is -2.29. The van der Waals surface area contributed by atoms with Gasteiger partial charge in [0, 0.05) is 19.0 Å². The van der Waals surface area contributed by atoms with E-state index in [1.165, 1.54) is 11.3 Å². The Morgan fingerprint density at radius 2 is 2.10 bits per heavy atom. The van der Waals surface area contributed by atoms with Crippen LogP contribution in [0.15, 0.2) is 6.07 Å². The standard InChI is InChI=1S/C14H17Cl2NO2S/c1-9(18)7-10-5-3-2-4-6-17(10)14(19)11-8-12(15)20-13(11)16/h8,10H,2-7H2,1H3. The second-order valence-electron chi connectivity index (χ2n) is 5.15. The zero-order chi connectivity index (χ0) is 14.7. The number of amides is 1. The summed E-state index contributed by atoms with van der Waals surface area (Å²) in [5.41, 5.74) is 0.456. The van der Waals surface area contributed by atoms with Crippen LogP contribution in [0.3, 0.4) is 0 Å². The van der Waals surface area contributed by atoms with Crippen molar-refractivity contribution in [1.29, 1.82) is 0 Å². The number of carbonyl (C=O) groups is 2. The fourth-order valence-corrected chi connectivity index (χ4v) is 4.08. The van der Waals surface area contributed by atoms with Gasteiger partial charge in [0.2, 0.25) is 0 Å². The lowest BCUT2D eigenvalue weighted by molar-refractivity contribution is -0.118. The summed E-state index contributed by atoms with van der Waals surface area (Å²) >= 11 is 13.2. The molecule has 1 aliphatic heterocycles. The molecule has 1 unspecified atom stereocenters. The Bertz CT molecular complexity index is 515. The second-order valence-corrected chi connectivity index (χ2v) is 7.43. The van der Waals surface area contributed by atoms with Gasteiger partial charge in [-0.25, -0.2) is 0 Å². The van der Waals surface area contributed by atoms with Gasteiger partial charge in [-0.3, -0.25) is 9.59 Å². The number of hydrogen-bond donors (Lipinski definition) is 0. The van der Waals surface area contributed by atoms with Crippen LogP contribution < -0.4 is 0 Å². The van der Waals surface area contributed by atoms with Crippen molar-refractivity contribution in [3.05, 3.63) is 20.3 Å². The van der Waals surface area contributed by atoms with Crippen molar-refractivity contribution in [2.75, 3.05) is 6.54 Å². The first-order valence-electron chi connectivity index (χ1n) is 6.74. The lowest BCUT2D eigenvalue weighted by Crippen LogP contribution is -2.41. The predicted molar refractivity (Wildman–Crippen MR) is 82.9 cm³/mol.